The van der Waals surface area contributed by atoms with Crippen LogP contribution in [-0.2, 0) is 6.42 Å². The maximum atomic E-state index is 12.2. The third kappa shape index (κ3) is 3.41. The molecule has 2 rings (SSSR count). The summed E-state index contributed by atoms with van der Waals surface area (Å²) in [5, 5.41) is 0.963. The predicted molar refractivity (Wildman–Crippen MR) is 85.0 cm³/mol. The first-order chi connectivity index (χ1) is 9.49. The van der Waals surface area contributed by atoms with Crippen molar-refractivity contribution in [2.75, 3.05) is 0 Å². The number of carbonyl (C=O) groups excluding carboxylic acids is 1. The van der Waals surface area contributed by atoms with Gasteiger partial charge in [0, 0.05) is 17.0 Å². The molecule has 0 saturated heterocycles. The van der Waals surface area contributed by atoms with Crippen LogP contribution in [0.3, 0.4) is 0 Å². The molecule has 0 bridgehead atoms. The van der Waals surface area contributed by atoms with Crippen molar-refractivity contribution >= 4 is 29.0 Å². The van der Waals surface area contributed by atoms with E-state index in [-0.39, 0.29) is 5.78 Å². The Kier molecular flexibility index (Phi) is 4.85. The van der Waals surface area contributed by atoms with Crippen molar-refractivity contribution in [2.24, 2.45) is 0 Å². The fraction of sp³-hybridized carbons (Fsp3) is 0.235. The number of halogens is 2. The second-order valence-corrected chi connectivity index (χ2v) is 5.75. The molecule has 2 aromatic carbocycles. The maximum Gasteiger partial charge on any atom is 0.164 e. The van der Waals surface area contributed by atoms with E-state index in [1.165, 1.54) is 16.7 Å². The largest absolute Gasteiger partial charge is 0.294 e. The Bertz CT molecular complexity index is 647. The lowest BCUT2D eigenvalue weighted by Crippen LogP contribution is -2.03. The average Bonchev–Trinajstić information content (AvgIpc) is 2.40. The molecule has 0 radical (unpaired) electrons. The van der Waals surface area contributed by atoms with Crippen LogP contribution in [0.25, 0.3) is 0 Å². The minimum atomic E-state index is 0.0487. The number of benzene rings is 2. The molecule has 2 aromatic rings. The lowest BCUT2D eigenvalue weighted by atomic mass is 9.97. The minimum Gasteiger partial charge on any atom is -0.294 e. The standard InChI is InChI=1S/C17H16Cl2O/c1-11-4-3-5-13(12(11)2)6-9-17(20)15-8-7-14(18)10-16(15)19/h3-5,7-8,10H,6,9H2,1-2H3. The molecule has 1 nitrogen and oxygen atoms in total. The van der Waals surface area contributed by atoms with E-state index in [1.54, 1.807) is 18.2 Å². The highest BCUT2D eigenvalue weighted by atomic mass is 35.5. The Morgan fingerprint density at radius 2 is 1.85 bits per heavy atom. The smallest absolute Gasteiger partial charge is 0.164 e. The molecule has 0 saturated carbocycles. The molecule has 0 heterocycles. The molecule has 0 unspecified atom stereocenters. The molecule has 20 heavy (non-hydrogen) atoms. The fourth-order valence-electron chi connectivity index (χ4n) is 2.18. The molecule has 104 valence electrons. The van der Waals surface area contributed by atoms with Gasteiger partial charge in [0.05, 0.1) is 5.02 Å². The molecule has 0 atom stereocenters. The van der Waals surface area contributed by atoms with Gasteiger partial charge in [0.25, 0.3) is 0 Å². The van der Waals surface area contributed by atoms with Crippen molar-refractivity contribution in [3.05, 3.63) is 68.7 Å². The van der Waals surface area contributed by atoms with Crippen LogP contribution in [0.15, 0.2) is 36.4 Å². The first-order valence-corrected chi connectivity index (χ1v) is 7.28. The highest BCUT2D eigenvalue weighted by Gasteiger charge is 2.11. The van der Waals surface area contributed by atoms with Gasteiger partial charge in [-0.3, -0.25) is 4.79 Å². The second-order valence-electron chi connectivity index (χ2n) is 4.91. The Balaban J connectivity index is 2.11. The van der Waals surface area contributed by atoms with Crippen molar-refractivity contribution in [3.63, 3.8) is 0 Å². The Hall–Kier alpha value is -1.31. The van der Waals surface area contributed by atoms with Gasteiger partial charge < -0.3 is 0 Å². The van der Waals surface area contributed by atoms with Crippen LogP contribution in [0, 0.1) is 13.8 Å². The summed E-state index contributed by atoms with van der Waals surface area (Å²) in [6, 6.07) is 11.2. The van der Waals surface area contributed by atoms with E-state index in [4.69, 9.17) is 23.2 Å². The zero-order valence-corrected chi connectivity index (χ0v) is 13.1. The lowest BCUT2D eigenvalue weighted by Gasteiger charge is -2.08. The summed E-state index contributed by atoms with van der Waals surface area (Å²) < 4.78 is 0. The molecule has 0 N–H and O–H groups in total. The quantitative estimate of drug-likeness (QED) is 0.689. The van der Waals surface area contributed by atoms with E-state index >= 15 is 0 Å². The molecule has 0 fully saturated rings. The number of aryl methyl sites for hydroxylation is 2. The van der Waals surface area contributed by atoms with Crippen LogP contribution in [0.2, 0.25) is 10.0 Å². The third-order valence-electron chi connectivity index (χ3n) is 3.57. The van der Waals surface area contributed by atoms with Gasteiger partial charge in [-0.15, -0.1) is 0 Å². The van der Waals surface area contributed by atoms with Crippen molar-refractivity contribution in [2.45, 2.75) is 26.7 Å². The summed E-state index contributed by atoms with van der Waals surface area (Å²) in [5.41, 5.74) is 4.26. The number of ketones is 1. The van der Waals surface area contributed by atoms with Gasteiger partial charge in [0.2, 0.25) is 0 Å². The van der Waals surface area contributed by atoms with Crippen molar-refractivity contribution in [1.82, 2.24) is 0 Å². The number of carbonyl (C=O) groups is 1. The summed E-state index contributed by atoms with van der Waals surface area (Å²) in [4.78, 5) is 12.2. The first-order valence-electron chi connectivity index (χ1n) is 6.52. The van der Waals surface area contributed by atoms with Gasteiger partial charge in [-0.05, 0) is 55.2 Å². The van der Waals surface area contributed by atoms with E-state index in [0.29, 0.717) is 22.0 Å². The molecule has 0 spiro atoms. The molecular formula is C17H16Cl2O. The SMILES string of the molecule is Cc1cccc(CCC(=O)c2ccc(Cl)cc2Cl)c1C. The molecule has 0 aromatic heterocycles. The number of hydrogen-bond acceptors (Lipinski definition) is 1. The highest BCUT2D eigenvalue weighted by molar-refractivity contribution is 6.36. The Labute approximate surface area is 129 Å². The average molecular weight is 307 g/mol. The van der Waals surface area contributed by atoms with E-state index in [1.807, 2.05) is 6.07 Å². The number of rotatable bonds is 4. The van der Waals surface area contributed by atoms with Crippen LogP contribution in [0.5, 0.6) is 0 Å². The predicted octanol–water partition coefficient (Wildman–Crippen LogP) is 5.43. The van der Waals surface area contributed by atoms with Crippen LogP contribution < -0.4 is 0 Å². The highest BCUT2D eigenvalue weighted by Crippen LogP contribution is 2.23. The van der Waals surface area contributed by atoms with E-state index in [2.05, 4.69) is 26.0 Å². The summed E-state index contributed by atoms with van der Waals surface area (Å²) in [6.45, 7) is 4.17. The molecular weight excluding hydrogens is 291 g/mol. The molecule has 0 aliphatic heterocycles. The summed E-state index contributed by atoms with van der Waals surface area (Å²) in [6.07, 6.45) is 1.18. The number of Topliss-reactive ketones (excluding diaryl/α,β-unsaturated/α-hetero) is 1. The van der Waals surface area contributed by atoms with E-state index < -0.39 is 0 Å². The Morgan fingerprint density at radius 1 is 1.10 bits per heavy atom. The summed E-state index contributed by atoms with van der Waals surface area (Å²) in [5.74, 6) is 0.0487. The third-order valence-corrected chi connectivity index (χ3v) is 4.12. The molecule has 0 amide bonds. The zero-order valence-electron chi connectivity index (χ0n) is 11.5. The van der Waals surface area contributed by atoms with Crippen molar-refractivity contribution < 1.29 is 4.79 Å². The summed E-state index contributed by atoms with van der Waals surface area (Å²) >= 11 is 11.9. The van der Waals surface area contributed by atoms with Gasteiger partial charge in [-0.25, -0.2) is 0 Å². The van der Waals surface area contributed by atoms with Gasteiger partial charge in [0.15, 0.2) is 5.78 Å². The topological polar surface area (TPSA) is 17.1 Å². The van der Waals surface area contributed by atoms with Crippen molar-refractivity contribution in [1.29, 1.82) is 0 Å². The first kappa shape index (κ1) is 15.1. The van der Waals surface area contributed by atoms with Crippen LogP contribution >= 0.6 is 23.2 Å². The normalized spacial score (nSPS) is 10.6. The molecule has 0 aliphatic carbocycles. The van der Waals surface area contributed by atoms with E-state index in [0.717, 1.165) is 6.42 Å². The van der Waals surface area contributed by atoms with Crippen LogP contribution in [0.4, 0.5) is 0 Å². The van der Waals surface area contributed by atoms with Gasteiger partial charge in [0.1, 0.15) is 0 Å². The lowest BCUT2D eigenvalue weighted by molar-refractivity contribution is 0.0983. The van der Waals surface area contributed by atoms with Crippen molar-refractivity contribution in [3.8, 4) is 0 Å². The number of hydrogen-bond donors (Lipinski definition) is 0. The fourth-order valence-corrected chi connectivity index (χ4v) is 2.70. The van der Waals surface area contributed by atoms with E-state index in [9.17, 15) is 4.79 Å². The zero-order chi connectivity index (χ0) is 14.7. The minimum absolute atomic E-state index is 0.0487. The van der Waals surface area contributed by atoms with Gasteiger partial charge in [-0.2, -0.15) is 0 Å². The van der Waals surface area contributed by atoms with Gasteiger partial charge in [-0.1, -0.05) is 41.4 Å². The van der Waals surface area contributed by atoms with Gasteiger partial charge >= 0.3 is 0 Å². The maximum absolute atomic E-state index is 12.2. The summed E-state index contributed by atoms with van der Waals surface area (Å²) in [7, 11) is 0. The second kappa shape index (κ2) is 6.43. The van der Waals surface area contributed by atoms with Crippen LogP contribution in [0.1, 0.15) is 33.5 Å². The monoisotopic (exact) mass is 306 g/mol. The van der Waals surface area contributed by atoms with Crippen LogP contribution in [-0.4, -0.2) is 5.78 Å². The molecule has 0 aliphatic rings. The Morgan fingerprint density at radius 3 is 2.55 bits per heavy atom. The molecule has 3 heteroatoms.